The Morgan fingerprint density at radius 3 is 2.50 bits per heavy atom. The van der Waals surface area contributed by atoms with Gasteiger partial charge in [-0.05, 0) is 66.1 Å². The number of aryl methyl sites for hydroxylation is 1. The fourth-order valence-electron chi connectivity index (χ4n) is 3.69. The van der Waals surface area contributed by atoms with E-state index in [1.807, 2.05) is 19.1 Å². The number of fused-ring (bicyclic) bond motifs is 1. The van der Waals surface area contributed by atoms with Crippen molar-refractivity contribution < 1.29 is 19.7 Å². The van der Waals surface area contributed by atoms with Crippen molar-refractivity contribution in [2.75, 3.05) is 20.8 Å². The highest BCUT2D eigenvalue weighted by Gasteiger charge is 2.29. The molecule has 0 aliphatic heterocycles. The molecule has 24 heavy (non-hydrogen) atoms. The molecule has 0 amide bonds. The van der Waals surface area contributed by atoms with E-state index in [-0.39, 0.29) is 24.2 Å². The number of aliphatic hydroxyl groups is 1. The minimum atomic E-state index is 0.141. The lowest BCUT2D eigenvalue weighted by Gasteiger charge is -2.32. The maximum atomic E-state index is 9.86. The molecule has 0 saturated carbocycles. The molecule has 2 N–H and O–H groups in total. The summed E-state index contributed by atoms with van der Waals surface area (Å²) in [7, 11) is 3.24. The average molecular weight is 328 g/mol. The highest BCUT2D eigenvalue weighted by atomic mass is 16.5. The third-order valence-corrected chi connectivity index (χ3v) is 4.97. The van der Waals surface area contributed by atoms with E-state index in [1.165, 1.54) is 11.1 Å². The van der Waals surface area contributed by atoms with Crippen LogP contribution < -0.4 is 9.47 Å². The van der Waals surface area contributed by atoms with Gasteiger partial charge in [-0.15, -0.1) is 0 Å². The average Bonchev–Trinajstić information content (AvgIpc) is 2.60. The standard InChI is InChI=1S/C20H24O4/c1-12-6-16-15(10-19(12)23-2)7-13(11-21)8-17(16)14-4-5-18(22)20(9-14)24-3/h4-6,9-10,13,17,21-22H,7-8,11H2,1-3H3/t13-,17+/m0/s1. The van der Waals surface area contributed by atoms with Gasteiger partial charge in [-0.3, -0.25) is 0 Å². The normalized spacial score (nSPS) is 19.7. The molecule has 2 atom stereocenters. The van der Waals surface area contributed by atoms with Crippen molar-refractivity contribution in [3.05, 3.63) is 52.6 Å². The van der Waals surface area contributed by atoms with E-state index in [4.69, 9.17) is 9.47 Å². The first-order chi connectivity index (χ1) is 11.6. The smallest absolute Gasteiger partial charge is 0.160 e. The first-order valence-electron chi connectivity index (χ1n) is 8.22. The molecule has 0 fully saturated rings. The van der Waals surface area contributed by atoms with Crippen molar-refractivity contribution >= 4 is 0 Å². The molecule has 1 aliphatic rings. The van der Waals surface area contributed by atoms with Crippen LogP contribution in [-0.4, -0.2) is 31.0 Å². The Morgan fingerprint density at radius 2 is 1.83 bits per heavy atom. The van der Waals surface area contributed by atoms with Crippen molar-refractivity contribution in [2.24, 2.45) is 5.92 Å². The van der Waals surface area contributed by atoms with Crippen LogP contribution in [0.5, 0.6) is 17.2 Å². The zero-order valence-corrected chi connectivity index (χ0v) is 14.4. The second kappa shape index (κ2) is 6.73. The summed E-state index contributed by atoms with van der Waals surface area (Å²) < 4.78 is 10.7. The van der Waals surface area contributed by atoms with Crippen molar-refractivity contribution in [3.63, 3.8) is 0 Å². The first kappa shape index (κ1) is 16.7. The summed E-state index contributed by atoms with van der Waals surface area (Å²) in [4.78, 5) is 0. The lowest BCUT2D eigenvalue weighted by Crippen LogP contribution is -2.22. The van der Waals surface area contributed by atoms with Crippen LogP contribution in [0.25, 0.3) is 0 Å². The van der Waals surface area contributed by atoms with Crippen LogP contribution in [0, 0.1) is 12.8 Å². The minimum Gasteiger partial charge on any atom is -0.504 e. The summed E-state index contributed by atoms with van der Waals surface area (Å²) >= 11 is 0. The van der Waals surface area contributed by atoms with Gasteiger partial charge in [-0.2, -0.15) is 0 Å². The highest BCUT2D eigenvalue weighted by Crippen LogP contribution is 2.43. The maximum absolute atomic E-state index is 9.86. The molecule has 0 saturated heterocycles. The Morgan fingerprint density at radius 1 is 1.08 bits per heavy atom. The molecule has 2 aromatic rings. The van der Waals surface area contributed by atoms with E-state index in [1.54, 1.807) is 20.3 Å². The summed E-state index contributed by atoms with van der Waals surface area (Å²) in [5.41, 5.74) is 4.69. The zero-order chi connectivity index (χ0) is 17.3. The molecule has 0 radical (unpaired) electrons. The van der Waals surface area contributed by atoms with Gasteiger partial charge in [0, 0.05) is 12.5 Å². The van der Waals surface area contributed by atoms with E-state index >= 15 is 0 Å². The fourth-order valence-corrected chi connectivity index (χ4v) is 3.69. The third-order valence-electron chi connectivity index (χ3n) is 4.97. The molecule has 3 rings (SSSR count). The van der Waals surface area contributed by atoms with Crippen LogP contribution in [-0.2, 0) is 6.42 Å². The molecule has 0 aromatic heterocycles. The van der Waals surface area contributed by atoms with Gasteiger partial charge in [0.1, 0.15) is 5.75 Å². The van der Waals surface area contributed by atoms with Crippen LogP contribution in [0.4, 0.5) is 0 Å². The predicted molar refractivity (Wildman–Crippen MR) is 93.1 cm³/mol. The van der Waals surface area contributed by atoms with Crippen molar-refractivity contribution in [1.82, 2.24) is 0 Å². The Kier molecular flexibility index (Phi) is 4.67. The first-order valence-corrected chi connectivity index (χ1v) is 8.22. The number of benzene rings is 2. The van der Waals surface area contributed by atoms with Crippen LogP contribution in [0.1, 0.15) is 34.6 Å². The Hall–Kier alpha value is -2.20. The van der Waals surface area contributed by atoms with E-state index in [0.29, 0.717) is 5.75 Å². The number of phenolic OH excluding ortho intramolecular Hbond substituents is 1. The Bertz CT molecular complexity index is 739. The van der Waals surface area contributed by atoms with Gasteiger partial charge in [0.25, 0.3) is 0 Å². The number of aliphatic hydroxyl groups excluding tert-OH is 1. The lowest BCUT2D eigenvalue weighted by molar-refractivity contribution is 0.208. The predicted octanol–water partition coefficient (Wildman–Crippen LogP) is 3.40. The number of rotatable bonds is 4. The summed E-state index contributed by atoms with van der Waals surface area (Å²) in [5, 5.41) is 19.6. The second-order valence-electron chi connectivity index (χ2n) is 6.49. The fraction of sp³-hybridized carbons (Fsp3) is 0.400. The molecule has 1 aliphatic carbocycles. The van der Waals surface area contributed by atoms with Crippen molar-refractivity contribution in [2.45, 2.75) is 25.7 Å². The van der Waals surface area contributed by atoms with Gasteiger partial charge in [-0.25, -0.2) is 0 Å². The van der Waals surface area contributed by atoms with Crippen molar-refractivity contribution in [1.29, 1.82) is 0 Å². The summed E-state index contributed by atoms with van der Waals surface area (Å²) in [5.74, 6) is 1.89. The van der Waals surface area contributed by atoms with E-state index in [0.717, 1.165) is 29.7 Å². The third kappa shape index (κ3) is 2.94. The SMILES string of the molecule is COc1cc2c(cc1C)[C@@H](c1ccc(O)c(OC)c1)C[C@@H](CO)C2. The number of ether oxygens (including phenoxy) is 2. The molecular weight excluding hydrogens is 304 g/mol. The maximum Gasteiger partial charge on any atom is 0.160 e. The molecule has 0 bridgehead atoms. The monoisotopic (exact) mass is 328 g/mol. The lowest BCUT2D eigenvalue weighted by atomic mass is 9.73. The summed E-state index contributed by atoms with van der Waals surface area (Å²) in [6, 6.07) is 9.78. The Labute approximate surface area is 142 Å². The molecule has 4 heteroatoms. The minimum absolute atomic E-state index is 0.141. The Balaban J connectivity index is 2.10. The van der Waals surface area contributed by atoms with Gasteiger partial charge in [-0.1, -0.05) is 12.1 Å². The van der Waals surface area contributed by atoms with E-state index in [9.17, 15) is 10.2 Å². The molecule has 0 heterocycles. The molecule has 4 nitrogen and oxygen atoms in total. The van der Waals surface area contributed by atoms with Crippen molar-refractivity contribution in [3.8, 4) is 17.2 Å². The van der Waals surface area contributed by atoms with Gasteiger partial charge in [0.2, 0.25) is 0 Å². The largest absolute Gasteiger partial charge is 0.504 e. The topological polar surface area (TPSA) is 58.9 Å². The molecule has 0 spiro atoms. The van der Waals surface area contributed by atoms with Gasteiger partial charge in [0.15, 0.2) is 11.5 Å². The zero-order valence-electron chi connectivity index (χ0n) is 14.4. The van der Waals surface area contributed by atoms with Gasteiger partial charge in [0.05, 0.1) is 14.2 Å². The van der Waals surface area contributed by atoms with Crippen LogP contribution in [0.3, 0.4) is 0 Å². The van der Waals surface area contributed by atoms with Crippen LogP contribution >= 0.6 is 0 Å². The quantitative estimate of drug-likeness (QED) is 0.903. The molecular formula is C20H24O4. The summed E-state index contributed by atoms with van der Waals surface area (Å²) in [6.07, 6.45) is 1.73. The van der Waals surface area contributed by atoms with E-state index < -0.39 is 0 Å². The number of methoxy groups -OCH3 is 2. The highest BCUT2D eigenvalue weighted by molar-refractivity contribution is 5.51. The van der Waals surface area contributed by atoms with Gasteiger partial charge >= 0.3 is 0 Å². The van der Waals surface area contributed by atoms with Crippen LogP contribution in [0.2, 0.25) is 0 Å². The second-order valence-corrected chi connectivity index (χ2v) is 6.49. The number of hydrogen-bond donors (Lipinski definition) is 2. The summed E-state index contributed by atoms with van der Waals surface area (Å²) in [6.45, 7) is 2.22. The van der Waals surface area contributed by atoms with Gasteiger partial charge < -0.3 is 19.7 Å². The number of aromatic hydroxyl groups is 1. The molecule has 128 valence electrons. The molecule has 2 aromatic carbocycles. The number of phenols is 1. The van der Waals surface area contributed by atoms with E-state index in [2.05, 4.69) is 12.1 Å². The number of hydrogen-bond acceptors (Lipinski definition) is 4. The molecule has 0 unspecified atom stereocenters. The van der Waals surface area contributed by atoms with Crippen LogP contribution in [0.15, 0.2) is 30.3 Å².